The molecule has 0 fully saturated rings. The zero-order valence-electron chi connectivity index (χ0n) is 16.3. The van der Waals surface area contributed by atoms with Gasteiger partial charge in [0.1, 0.15) is 5.82 Å². The minimum atomic E-state index is -0.302. The summed E-state index contributed by atoms with van der Waals surface area (Å²) in [5, 5.41) is 4.97. The summed E-state index contributed by atoms with van der Waals surface area (Å²) in [5.41, 5.74) is 3.27. The lowest BCUT2D eigenvalue weighted by molar-refractivity contribution is -0.116. The molecule has 0 saturated heterocycles. The number of amides is 1. The lowest BCUT2D eigenvalue weighted by Gasteiger charge is -2.26. The monoisotopic (exact) mass is 411 g/mol. The van der Waals surface area contributed by atoms with Crippen LogP contribution in [0.3, 0.4) is 0 Å². The molecular formula is C23H22FNO3S. The molecule has 1 aliphatic heterocycles. The van der Waals surface area contributed by atoms with Gasteiger partial charge in [-0.05, 0) is 30.2 Å². The van der Waals surface area contributed by atoms with Crippen LogP contribution in [0.5, 0.6) is 11.5 Å². The van der Waals surface area contributed by atoms with Crippen molar-refractivity contribution >= 4 is 22.9 Å². The average Bonchev–Trinajstić information content (AvgIpc) is 3.15. The van der Waals surface area contributed by atoms with E-state index in [4.69, 9.17) is 9.47 Å². The highest BCUT2D eigenvalue weighted by molar-refractivity contribution is 7.11. The van der Waals surface area contributed by atoms with Crippen molar-refractivity contribution in [1.82, 2.24) is 0 Å². The third-order valence-corrected chi connectivity index (χ3v) is 6.08. The van der Waals surface area contributed by atoms with Crippen molar-refractivity contribution in [3.8, 4) is 22.6 Å². The van der Waals surface area contributed by atoms with E-state index in [1.54, 1.807) is 24.5 Å². The van der Waals surface area contributed by atoms with Crippen molar-refractivity contribution < 1.29 is 18.7 Å². The quantitative estimate of drug-likeness (QED) is 0.555. The van der Waals surface area contributed by atoms with Gasteiger partial charge in [-0.25, -0.2) is 4.39 Å². The molecule has 0 radical (unpaired) electrons. The number of fused-ring (bicyclic) bond motifs is 1. The van der Waals surface area contributed by atoms with E-state index in [1.165, 1.54) is 12.1 Å². The van der Waals surface area contributed by atoms with E-state index in [0.29, 0.717) is 24.5 Å². The summed E-state index contributed by atoms with van der Waals surface area (Å²) in [4.78, 5) is 13.6. The average molecular weight is 411 g/mol. The second-order valence-electron chi connectivity index (χ2n) is 6.93. The van der Waals surface area contributed by atoms with Gasteiger partial charge in [0.2, 0.25) is 5.91 Å². The number of hydrogen-bond acceptors (Lipinski definition) is 4. The maximum atomic E-state index is 13.7. The molecule has 4 rings (SSSR count). The summed E-state index contributed by atoms with van der Waals surface area (Å²) in [5.74, 6) is 0.827. The molecule has 1 aliphatic rings. The predicted molar refractivity (Wildman–Crippen MR) is 114 cm³/mol. The van der Waals surface area contributed by atoms with Crippen LogP contribution in [0.1, 0.15) is 36.1 Å². The molecule has 1 amide bonds. The molecule has 1 N–H and O–H groups in total. The number of para-hydroxylation sites is 1. The van der Waals surface area contributed by atoms with Crippen LogP contribution in [0.2, 0.25) is 0 Å². The first-order valence-corrected chi connectivity index (χ1v) is 10.5. The van der Waals surface area contributed by atoms with Crippen LogP contribution in [0, 0.1) is 5.82 Å². The Morgan fingerprint density at radius 1 is 1.24 bits per heavy atom. The Balaban J connectivity index is 1.82. The van der Waals surface area contributed by atoms with Gasteiger partial charge in [0.15, 0.2) is 11.5 Å². The van der Waals surface area contributed by atoms with E-state index < -0.39 is 0 Å². The van der Waals surface area contributed by atoms with Crippen LogP contribution >= 0.6 is 11.3 Å². The molecule has 3 aromatic rings. The Labute approximate surface area is 173 Å². The maximum Gasteiger partial charge on any atom is 0.225 e. The fraction of sp³-hybridized carbons (Fsp3) is 0.261. The maximum absolute atomic E-state index is 13.7. The summed E-state index contributed by atoms with van der Waals surface area (Å²) in [7, 11) is 1.62. The normalized spacial score (nSPS) is 15.6. The van der Waals surface area contributed by atoms with Crippen LogP contribution in [0.15, 0.2) is 47.8 Å². The fourth-order valence-electron chi connectivity index (χ4n) is 3.67. The molecule has 4 nitrogen and oxygen atoms in total. The van der Waals surface area contributed by atoms with Crippen LogP contribution in [0.25, 0.3) is 11.1 Å². The zero-order valence-corrected chi connectivity index (χ0v) is 17.1. The molecule has 1 atom stereocenters. The van der Waals surface area contributed by atoms with Crippen LogP contribution in [-0.4, -0.2) is 19.6 Å². The second kappa shape index (κ2) is 8.25. The summed E-state index contributed by atoms with van der Waals surface area (Å²) >= 11 is 1.57. The highest BCUT2D eigenvalue weighted by Gasteiger charge is 2.33. The van der Waals surface area contributed by atoms with Crippen LogP contribution < -0.4 is 14.8 Å². The van der Waals surface area contributed by atoms with E-state index in [2.05, 4.69) is 5.32 Å². The van der Waals surface area contributed by atoms with Gasteiger partial charge < -0.3 is 14.8 Å². The van der Waals surface area contributed by atoms with Gasteiger partial charge in [0.05, 0.1) is 19.4 Å². The van der Waals surface area contributed by atoms with Gasteiger partial charge in [-0.2, -0.15) is 0 Å². The van der Waals surface area contributed by atoms with E-state index in [9.17, 15) is 9.18 Å². The highest BCUT2D eigenvalue weighted by atomic mass is 32.1. The molecule has 2 aromatic carbocycles. The first kappa shape index (κ1) is 19.5. The summed E-state index contributed by atoms with van der Waals surface area (Å²) in [6.45, 7) is 2.61. The first-order chi connectivity index (χ1) is 14.1. The van der Waals surface area contributed by atoms with Crippen molar-refractivity contribution in [1.29, 1.82) is 0 Å². The molecule has 0 bridgehead atoms. The molecule has 1 unspecified atom stereocenters. The Bertz CT molecular complexity index is 1050. The largest absolute Gasteiger partial charge is 0.493 e. The minimum absolute atomic E-state index is 0.0668. The van der Waals surface area contributed by atoms with E-state index in [1.807, 2.05) is 36.6 Å². The number of benzene rings is 2. The number of anilines is 1. The van der Waals surface area contributed by atoms with Crippen LogP contribution in [0.4, 0.5) is 10.1 Å². The SMILES string of the molecule is CCCOc1c(OC)cccc1C1CC(=O)Nc2c(-c3cccc(F)c3)csc21. The number of ether oxygens (including phenoxy) is 2. The van der Waals surface area contributed by atoms with Gasteiger partial charge in [-0.15, -0.1) is 11.3 Å². The molecule has 2 heterocycles. The Morgan fingerprint density at radius 2 is 2.07 bits per heavy atom. The van der Waals surface area contributed by atoms with Crippen molar-refractivity contribution in [3.05, 3.63) is 64.1 Å². The van der Waals surface area contributed by atoms with Crippen molar-refractivity contribution in [2.24, 2.45) is 0 Å². The number of thiophene rings is 1. The van der Waals surface area contributed by atoms with Crippen LogP contribution in [-0.2, 0) is 4.79 Å². The summed E-state index contributed by atoms with van der Waals surface area (Å²) in [6, 6.07) is 12.2. The van der Waals surface area contributed by atoms with E-state index in [-0.39, 0.29) is 17.6 Å². The van der Waals surface area contributed by atoms with Gasteiger partial charge in [0, 0.05) is 33.7 Å². The molecular weight excluding hydrogens is 389 g/mol. The molecule has 0 spiro atoms. The lowest BCUT2D eigenvalue weighted by Crippen LogP contribution is -2.23. The highest BCUT2D eigenvalue weighted by Crippen LogP contribution is 2.49. The Kier molecular flexibility index (Phi) is 5.53. The predicted octanol–water partition coefficient (Wildman–Crippen LogP) is 5.83. The molecule has 6 heteroatoms. The molecule has 150 valence electrons. The number of halogens is 1. The number of carbonyl (C=O) groups is 1. The Morgan fingerprint density at radius 3 is 2.83 bits per heavy atom. The first-order valence-electron chi connectivity index (χ1n) is 9.59. The number of nitrogens with one attached hydrogen (secondary N) is 1. The Hall–Kier alpha value is -2.86. The molecule has 0 saturated carbocycles. The topological polar surface area (TPSA) is 47.6 Å². The number of hydrogen-bond donors (Lipinski definition) is 1. The third kappa shape index (κ3) is 3.72. The smallest absolute Gasteiger partial charge is 0.225 e. The lowest BCUT2D eigenvalue weighted by atomic mass is 9.88. The molecule has 29 heavy (non-hydrogen) atoms. The van der Waals surface area contributed by atoms with Crippen molar-refractivity contribution in [2.75, 3.05) is 19.0 Å². The number of carbonyl (C=O) groups excluding carboxylic acids is 1. The minimum Gasteiger partial charge on any atom is -0.493 e. The number of methoxy groups -OCH3 is 1. The van der Waals surface area contributed by atoms with E-state index in [0.717, 1.165) is 33.7 Å². The van der Waals surface area contributed by atoms with Gasteiger partial charge >= 0.3 is 0 Å². The summed E-state index contributed by atoms with van der Waals surface area (Å²) in [6.07, 6.45) is 1.20. The summed E-state index contributed by atoms with van der Waals surface area (Å²) < 4.78 is 25.3. The van der Waals surface area contributed by atoms with E-state index >= 15 is 0 Å². The molecule has 1 aromatic heterocycles. The van der Waals surface area contributed by atoms with Crippen molar-refractivity contribution in [2.45, 2.75) is 25.7 Å². The standard InChI is InChI=1S/C23H22FNO3S/c1-3-10-28-22-16(8-5-9-19(22)27-2)17-12-20(26)25-21-18(13-29-23(17)21)14-6-4-7-15(24)11-14/h4-9,11,13,17H,3,10,12H2,1-2H3,(H,25,26). The van der Waals surface area contributed by atoms with Gasteiger partial charge in [0.25, 0.3) is 0 Å². The van der Waals surface area contributed by atoms with Gasteiger partial charge in [-0.3, -0.25) is 4.79 Å². The van der Waals surface area contributed by atoms with Crippen molar-refractivity contribution in [3.63, 3.8) is 0 Å². The number of rotatable bonds is 6. The second-order valence-corrected chi connectivity index (χ2v) is 7.84. The van der Waals surface area contributed by atoms with Gasteiger partial charge in [-0.1, -0.05) is 31.2 Å². The fourth-order valence-corrected chi connectivity index (χ4v) is 4.83. The molecule has 0 aliphatic carbocycles. The zero-order chi connectivity index (χ0) is 20.4. The third-order valence-electron chi connectivity index (χ3n) is 4.98.